The maximum absolute atomic E-state index is 13.1. The first kappa shape index (κ1) is 21.7. The summed E-state index contributed by atoms with van der Waals surface area (Å²) in [5, 5.41) is 20.9. The zero-order valence-electron chi connectivity index (χ0n) is 17.4. The van der Waals surface area contributed by atoms with Gasteiger partial charge in [-0.3, -0.25) is 9.59 Å². The molecule has 4 rings (SSSR count). The second-order valence-corrected chi connectivity index (χ2v) is 9.71. The van der Waals surface area contributed by atoms with E-state index in [2.05, 4.69) is 9.98 Å². The van der Waals surface area contributed by atoms with E-state index in [0.29, 0.717) is 44.9 Å². The van der Waals surface area contributed by atoms with Gasteiger partial charge in [0.1, 0.15) is 0 Å². The fraction of sp³-hybridized carbons (Fsp3) is 0.739. The van der Waals surface area contributed by atoms with E-state index in [4.69, 9.17) is 0 Å². The molecule has 0 aromatic carbocycles. The van der Waals surface area contributed by atoms with E-state index in [9.17, 15) is 29.4 Å². The van der Waals surface area contributed by atoms with Gasteiger partial charge in [-0.2, -0.15) is 0 Å². The zero-order valence-corrected chi connectivity index (χ0v) is 17.4. The van der Waals surface area contributed by atoms with Gasteiger partial charge in [-0.1, -0.05) is 12.2 Å². The smallest absolute Gasteiger partial charge is 0.311 e. The Morgan fingerprint density at radius 2 is 1.35 bits per heavy atom. The Bertz CT molecular complexity index is 872. The lowest BCUT2D eigenvalue weighted by molar-refractivity contribution is -0.180. The van der Waals surface area contributed by atoms with Gasteiger partial charge in [0.25, 0.3) is 0 Å². The largest absolute Gasteiger partial charge is 0.481 e. The summed E-state index contributed by atoms with van der Waals surface area (Å²) in [5.74, 6) is -3.54. The van der Waals surface area contributed by atoms with E-state index in [1.54, 1.807) is 12.2 Å². The van der Waals surface area contributed by atoms with Gasteiger partial charge in [0.05, 0.1) is 23.4 Å². The number of allylic oxidation sites excluding steroid dienone is 2. The highest BCUT2D eigenvalue weighted by atomic mass is 16.4. The third kappa shape index (κ3) is 3.12. The fourth-order valence-corrected chi connectivity index (χ4v) is 7.67. The van der Waals surface area contributed by atoms with Crippen molar-refractivity contribution in [2.45, 2.75) is 69.9 Å². The van der Waals surface area contributed by atoms with E-state index in [-0.39, 0.29) is 29.8 Å². The molecule has 0 saturated heterocycles. The summed E-state index contributed by atoms with van der Waals surface area (Å²) >= 11 is 0. The molecule has 4 aliphatic carbocycles. The summed E-state index contributed by atoms with van der Waals surface area (Å²) < 4.78 is 0. The van der Waals surface area contributed by atoms with Gasteiger partial charge in [-0.05, 0) is 75.5 Å². The first-order valence-electron chi connectivity index (χ1n) is 11.2. The Balaban J connectivity index is 1.74. The van der Waals surface area contributed by atoms with Crippen LogP contribution in [0.2, 0.25) is 0 Å². The SMILES string of the molecule is O=C=NC1CCC(C23C=CC(C2)C(C(=O)O)C3(C(=O)O)C2CCC(N=C=O)CC2)CC1. The van der Waals surface area contributed by atoms with E-state index >= 15 is 0 Å². The Hall–Kier alpha value is -2.56. The van der Waals surface area contributed by atoms with Crippen molar-refractivity contribution in [3.05, 3.63) is 12.2 Å². The second-order valence-electron chi connectivity index (χ2n) is 9.71. The minimum absolute atomic E-state index is 0.0398. The summed E-state index contributed by atoms with van der Waals surface area (Å²) in [7, 11) is 0. The van der Waals surface area contributed by atoms with E-state index in [1.165, 1.54) is 0 Å². The lowest BCUT2D eigenvalue weighted by Gasteiger charge is -2.54. The summed E-state index contributed by atoms with van der Waals surface area (Å²) in [5.41, 5.74) is -2.09. The Kier molecular flexibility index (Phi) is 5.71. The van der Waals surface area contributed by atoms with Crippen LogP contribution in [0.3, 0.4) is 0 Å². The molecule has 8 nitrogen and oxygen atoms in total. The van der Waals surface area contributed by atoms with E-state index in [0.717, 1.165) is 12.8 Å². The topological polar surface area (TPSA) is 133 Å². The number of fused-ring (bicyclic) bond motifs is 2. The average molecular weight is 428 g/mol. The molecular weight excluding hydrogens is 400 g/mol. The molecule has 4 aliphatic rings. The number of aliphatic imine (C=N–C) groups is 2. The Morgan fingerprint density at radius 1 is 0.839 bits per heavy atom. The number of isocyanates is 2. The predicted molar refractivity (Wildman–Crippen MR) is 109 cm³/mol. The second kappa shape index (κ2) is 8.18. The molecule has 3 fully saturated rings. The van der Waals surface area contributed by atoms with E-state index < -0.39 is 28.7 Å². The van der Waals surface area contributed by atoms with Gasteiger partial charge in [0.15, 0.2) is 0 Å². The van der Waals surface area contributed by atoms with Crippen molar-refractivity contribution in [1.82, 2.24) is 0 Å². The molecule has 0 amide bonds. The van der Waals surface area contributed by atoms with E-state index in [1.807, 2.05) is 12.2 Å². The van der Waals surface area contributed by atoms with Gasteiger partial charge in [-0.25, -0.2) is 19.6 Å². The number of carbonyl (C=O) groups excluding carboxylic acids is 2. The van der Waals surface area contributed by atoms with Crippen molar-refractivity contribution in [2.75, 3.05) is 0 Å². The molecule has 0 aliphatic heterocycles. The number of carbonyl (C=O) groups is 2. The minimum atomic E-state index is -1.38. The van der Waals surface area contributed by atoms with Gasteiger partial charge in [-0.15, -0.1) is 0 Å². The number of rotatable bonds is 6. The van der Waals surface area contributed by atoms with Crippen molar-refractivity contribution >= 4 is 24.1 Å². The fourth-order valence-electron chi connectivity index (χ4n) is 7.67. The third-order valence-electron chi connectivity index (χ3n) is 8.76. The summed E-state index contributed by atoms with van der Waals surface area (Å²) in [6.45, 7) is 0. The Morgan fingerprint density at radius 3 is 1.81 bits per heavy atom. The van der Waals surface area contributed by atoms with Crippen molar-refractivity contribution in [1.29, 1.82) is 0 Å². The molecule has 2 N–H and O–H groups in total. The molecule has 0 aromatic heterocycles. The molecule has 31 heavy (non-hydrogen) atoms. The molecule has 0 heterocycles. The number of aliphatic carboxylic acids is 2. The molecule has 4 unspecified atom stereocenters. The van der Waals surface area contributed by atoms with Crippen LogP contribution in [-0.2, 0) is 19.2 Å². The van der Waals surface area contributed by atoms with Crippen molar-refractivity contribution in [3.63, 3.8) is 0 Å². The van der Waals surface area contributed by atoms with Crippen LogP contribution >= 0.6 is 0 Å². The number of hydrogen-bond donors (Lipinski definition) is 2. The molecule has 0 radical (unpaired) electrons. The molecule has 0 spiro atoms. The zero-order chi connectivity index (χ0) is 22.2. The highest BCUT2D eigenvalue weighted by Gasteiger charge is 2.75. The highest BCUT2D eigenvalue weighted by molar-refractivity contribution is 5.87. The lowest BCUT2D eigenvalue weighted by Crippen LogP contribution is -2.59. The van der Waals surface area contributed by atoms with Crippen LogP contribution in [0.1, 0.15) is 57.8 Å². The summed E-state index contributed by atoms with van der Waals surface area (Å²) in [6, 6.07) is -0.247. The quantitative estimate of drug-likeness (QED) is 0.379. The predicted octanol–water partition coefficient (Wildman–Crippen LogP) is 3.12. The van der Waals surface area contributed by atoms with Gasteiger partial charge < -0.3 is 10.2 Å². The molecule has 8 heteroatoms. The number of hydrogen-bond acceptors (Lipinski definition) is 6. The van der Waals surface area contributed by atoms with Crippen LogP contribution in [0, 0.1) is 34.5 Å². The Labute approximate surface area is 180 Å². The van der Waals surface area contributed by atoms with Crippen molar-refractivity contribution in [3.8, 4) is 0 Å². The van der Waals surface area contributed by atoms with Gasteiger partial charge in [0.2, 0.25) is 12.2 Å². The lowest BCUT2D eigenvalue weighted by atomic mass is 9.47. The first-order chi connectivity index (χ1) is 14.9. The first-order valence-corrected chi connectivity index (χ1v) is 11.2. The maximum atomic E-state index is 13.1. The number of carboxylic acid groups (broad SMARTS) is 2. The van der Waals surface area contributed by atoms with Gasteiger partial charge >= 0.3 is 11.9 Å². The van der Waals surface area contributed by atoms with Crippen LogP contribution in [0.4, 0.5) is 0 Å². The maximum Gasteiger partial charge on any atom is 0.311 e. The average Bonchev–Trinajstić information content (AvgIpc) is 3.32. The van der Waals surface area contributed by atoms with Crippen LogP contribution in [0.5, 0.6) is 0 Å². The van der Waals surface area contributed by atoms with Crippen LogP contribution < -0.4 is 0 Å². The minimum Gasteiger partial charge on any atom is -0.481 e. The molecule has 4 atom stereocenters. The molecule has 3 saturated carbocycles. The number of nitrogens with zero attached hydrogens (tertiary/aromatic N) is 2. The summed E-state index contributed by atoms with van der Waals surface area (Å²) in [4.78, 5) is 54.5. The molecule has 0 aromatic rings. The normalized spacial score (nSPS) is 43.6. The number of carboxylic acids is 2. The van der Waals surface area contributed by atoms with Crippen LogP contribution in [0.15, 0.2) is 22.1 Å². The molecule has 166 valence electrons. The van der Waals surface area contributed by atoms with Crippen LogP contribution in [0.25, 0.3) is 0 Å². The van der Waals surface area contributed by atoms with Crippen LogP contribution in [-0.4, -0.2) is 46.4 Å². The highest BCUT2D eigenvalue weighted by Crippen LogP contribution is 2.72. The van der Waals surface area contributed by atoms with Crippen molar-refractivity contribution in [2.24, 2.45) is 44.5 Å². The molecule has 2 bridgehead atoms. The summed E-state index contributed by atoms with van der Waals surface area (Å²) in [6.07, 6.45) is 12.8. The van der Waals surface area contributed by atoms with Crippen molar-refractivity contribution < 1.29 is 29.4 Å². The standard InChI is InChI=1S/C23H28N2O6/c26-12-24-17-5-1-15(2-6-17)22-10-9-14(11-22)19(20(28)29)23(22,21(30)31)16-3-7-18(8-4-16)25-13-27/h9-10,14-19H,1-8,11H2,(H,28,29)(H,30,31). The van der Waals surface area contributed by atoms with Gasteiger partial charge in [0, 0.05) is 5.41 Å². The third-order valence-corrected chi connectivity index (χ3v) is 8.76. The molecular formula is C23H28N2O6. The monoisotopic (exact) mass is 428 g/mol.